The Bertz CT molecular complexity index is 880. The fraction of sp³-hybridized carbons (Fsp3) is 0.286. The molecule has 140 valence electrons. The van der Waals surface area contributed by atoms with E-state index in [9.17, 15) is 14.9 Å². The highest BCUT2D eigenvalue weighted by molar-refractivity contribution is 9.10. The van der Waals surface area contributed by atoms with Crippen molar-refractivity contribution in [2.75, 3.05) is 0 Å². The van der Waals surface area contributed by atoms with Crippen molar-refractivity contribution in [3.8, 4) is 6.19 Å². The molecule has 0 fully saturated rings. The van der Waals surface area contributed by atoms with Crippen molar-refractivity contribution in [3.05, 3.63) is 69.7 Å². The van der Waals surface area contributed by atoms with Crippen LogP contribution in [0.15, 0.2) is 53.0 Å². The molecule has 2 aromatic carbocycles. The van der Waals surface area contributed by atoms with Crippen LogP contribution < -0.4 is 0 Å². The fourth-order valence-corrected chi connectivity index (χ4v) is 3.02. The summed E-state index contributed by atoms with van der Waals surface area (Å²) in [6.07, 6.45) is 2.74. The van der Waals surface area contributed by atoms with Crippen LogP contribution in [0.3, 0.4) is 0 Å². The van der Waals surface area contributed by atoms with Crippen molar-refractivity contribution in [1.82, 2.24) is 10.0 Å². The normalized spacial score (nSPS) is 10.8. The molecule has 0 bridgehead atoms. The summed E-state index contributed by atoms with van der Waals surface area (Å²) in [6.45, 7) is 7.38. The third kappa shape index (κ3) is 4.75. The van der Waals surface area contributed by atoms with E-state index in [4.69, 9.17) is 0 Å². The third-order valence-corrected chi connectivity index (χ3v) is 4.49. The van der Waals surface area contributed by atoms with Gasteiger partial charge < -0.3 is 0 Å². The van der Waals surface area contributed by atoms with E-state index in [0.717, 1.165) is 21.5 Å². The van der Waals surface area contributed by atoms with Crippen molar-refractivity contribution in [2.45, 2.75) is 39.7 Å². The Morgan fingerprint density at radius 1 is 1.04 bits per heavy atom. The lowest BCUT2D eigenvalue weighted by Crippen LogP contribution is -2.56. The second-order valence-corrected chi connectivity index (χ2v) is 7.98. The molecule has 0 aliphatic rings. The number of benzene rings is 2. The molecule has 0 unspecified atom stereocenters. The molecule has 2 aromatic rings. The molecule has 2 rings (SSSR count). The molecule has 5 nitrogen and oxygen atoms in total. The van der Waals surface area contributed by atoms with Gasteiger partial charge in [0.25, 0.3) is 11.8 Å². The van der Waals surface area contributed by atoms with E-state index in [1.165, 1.54) is 5.01 Å². The minimum Gasteiger partial charge on any atom is -0.267 e. The van der Waals surface area contributed by atoms with Gasteiger partial charge in [0.2, 0.25) is 6.19 Å². The lowest BCUT2D eigenvalue weighted by atomic mass is 10.0. The van der Waals surface area contributed by atoms with Crippen LogP contribution in [0.4, 0.5) is 0 Å². The number of rotatable bonds is 3. The highest BCUT2D eigenvalue weighted by atomic mass is 79.9. The van der Waals surface area contributed by atoms with Crippen molar-refractivity contribution < 1.29 is 9.59 Å². The summed E-state index contributed by atoms with van der Waals surface area (Å²) in [6, 6.07) is 13.9. The number of hydrazine groups is 1. The standard InChI is InChI=1S/C21H22BrN3O2/c1-5-15-9-11-16(12-10-15)20(27)25(21(2,3)4)24(14-23)19(26)17-7-6-8-18(22)13-17/h6-13H,5H2,1-4H3. The highest BCUT2D eigenvalue weighted by Crippen LogP contribution is 2.23. The molecule has 0 aromatic heterocycles. The first-order chi connectivity index (χ1) is 12.7. The van der Waals surface area contributed by atoms with E-state index >= 15 is 0 Å². The van der Waals surface area contributed by atoms with Crippen molar-refractivity contribution in [3.63, 3.8) is 0 Å². The molecule has 0 spiro atoms. The Morgan fingerprint density at radius 2 is 1.67 bits per heavy atom. The molecule has 27 heavy (non-hydrogen) atoms. The average molecular weight is 428 g/mol. The summed E-state index contributed by atoms with van der Waals surface area (Å²) < 4.78 is 0.718. The molecule has 0 radical (unpaired) electrons. The summed E-state index contributed by atoms with van der Waals surface area (Å²) in [5, 5.41) is 11.7. The smallest absolute Gasteiger partial charge is 0.267 e. The van der Waals surface area contributed by atoms with Crippen LogP contribution in [0.25, 0.3) is 0 Å². The first-order valence-corrected chi connectivity index (χ1v) is 9.41. The van der Waals surface area contributed by atoms with Crippen LogP contribution in [0.1, 0.15) is 54.0 Å². The summed E-state index contributed by atoms with van der Waals surface area (Å²) in [7, 11) is 0. The van der Waals surface area contributed by atoms with E-state index < -0.39 is 17.4 Å². The zero-order valence-electron chi connectivity index (χ0n) is 15.9. The molecule has 0 atom stereocenters. The van der Waals surface area contributed by atoms with Crippen molar-refractivity contribution in [1.29, 1.82) is 5.26 Å². The minimum absolute atomic E-state index is 0.314. The van der Waals surface area contributed by atoms with Crippen LogP contribution in [-0.4, -0.2) is 27.4 Å². The first kappa shape index (κ1) is 20.7. The third-order valence-electron chi connectivity index (χ3n) is 4.00. The van der Waals surface area contributed by atoms with Gasteiger partial charge in [-0.05, 0) is 63.1 Å². The molecule has 0 N–H and O–H groups in total. The Hall–Kier alpha value is -2.65. The van der Waals surface area contributed by atoms with E-state index in [-0.39, 0.29) is 0 Å². The predicted octanol–water partition coefficient (Wildman–Crippen LogP) is 4.79. The topological polar surface area (TPSA) is 64.4 Å². The first-order valence-electron chi connectivity index (χ1n) is 8.62. The SMILES string of the molecule is CCc1ccc(C(=O)N(N(C#N)C(=O)c2cccc(Br)c2)C(C)(C)C)cc1. The summed E-state index contributed by atoms with van der Waals surface area (Å²) >= 11 is 3.32. The Balaban J connectivity index is 2.45. The molecule has 0 saturated heterocycles. The lowest BCUT2D eigenvalue weighted by Gasteiger charge is -2.39. The van der Waals surface area contributed by atoms with Gasteiger partial charge in [-0.3, -0.25) is 9.59 Å². The number of aryl methyl sites for hydroxylation is 1. The van der Waals surface area contributed by atoms with Gasteiger partial charge >= 0.3 is 0 Å². The number of hydrogen-bond donors (Lipinski definition) is 0. The number of carbonyl (C=O) groups excluding carboxylic acids is 2. The van der Waals surface area contributed by atoms with Gasteiger partial charge in [0.05, 0.1) is 5.54 Å². The number of nitrogens with zero attached hydrogens (tertiary/aromatic N) is 3. The summed E-state index contributed by atoms with van der Waals surface area (Å²) in [4.78, 5) is 26.1. The maximum absolute atomic E-state index is 13.2. The summed E-state index contributed by atoms with van der Waals surface area (Å²) in [5.41, 5.74) is 1.06. The maximum atomic E-state index is 13.2. The highest BCUT2D eigenvalue weighted by Gasteiger charge is 2.36. The van der Waals surface area contributed by atoms with Crippen LogP contribution >= 0.6 is 15.9 Å². The monoisotopic (exact) mass is 427 g/mol. The van der Waals surface area contributed by atoms with Crippen LogP contribution in [0.2, 0.25) is 0 Å². The second-order valence-electron chi connectivity index (χ2n) is 7.07. The van der Waals surface area contributed by atoms with Crippen molar-refractivity contribution in [2.24, 2.45) is 0 Å². The van der Waals surface area contributed by atoms with E-state index in [2.05, 4.69) is 15.9 Å². The molecule has 0 heterocycles. The number of halogens is 1. The minimum atomic E-state index is -0.780. The van der Waals surface area contributed by atoms with Gasteiger partial charge in [-0.15, -0.1) is 5.01 Å². The zero-order valence-corrected chi connectivity index (χ0v) is 17.4. The van der Waals surface area contributed by atoms with E-state index in [0.29, 0.717) is 11.1 Å². The van der Waals surface area contributed by atoms with Gasteiger partial charge in [-0.2, -0.15) is 5.26 Å². The number of carbonyl (C=O) groups is 2. The maximum Gasteiger partial charge on any atom is 0.286 e. The van der Waals surface area contributed by atoms with Crippen LogP contribution in [0, 0.1) is 11.5 Å². The van der Waals surface area contributed by atoms with Crippen LogP contribution in [-0.2, 0) is 6.42 Å². The molecule has 0 aliphatic heterocycles. The zero-order chi connectivity index (χ0) is 20.2. The fourth-order valence-electron chi connectivity index (χ4n) is 2.63. The molecular weight excluding hydrogens is 406 g/mol. The Kier molecular flexibility index (Phi) is 6.40. The summed E-state index contributed by atoms with van der Waals surface area (Å²) in [5.74, 6) is -0.970. The van der Waals surface area contributed by atoms with Crippen LogP contribution in [0.5, 0.6) is 0 Å². The molecule has 2 amide bonds. The second kappa shape index (κ2) is 8.36. The van der Waals surface area contributed by atoms with Gasteiger partial charge in [0.15, 0.2) is 0 Å². The van der Waals surface area contributed by atoms with Crippen molar-refractivity contribution >= 4 is 27.7 Å². The number of amides is 2. The number of hydrogen-bond acceptors (Lipinski definition) is 3. The van der Waals surface area contributed by atoms with E-state index in [1.807, 2.05) is 25.2 Å². The quantitative estimate of drug-likeness (QED) is 0.401. The lowest BCUT2D eigenvalue weighted by molar-refractivity contribution is -0.0167. The molecule has 0 aliphatic carbocycles. The predicted molar refractivity (Wildman–Crippen MR) is 108 cm³/mol. The number of nitriles is 1. The molecule has 0 saturated carbocycles. The van der Waals surface area contributed by atoms with Gasteiger partial charge in [-0.1, -0.05) is 41.1 Å². The van der Waals surface area contributed by atoms with Gasteiger partial charge in [0, 0.05) is 15.6 Å². The van der Waals surface area contributed by atoms with Gasteiger partial charge in [-0.25, -0.2) is 5.01 Å². The Labute approximate surface area is 168 Å². The average Bonchev–Trinajstić information content (AvgIpc) is 2.64. The molecule has 6 heteroatoms. The van der Waals surface area contributed by atoms with E-state index in [1.54, 1.807) is 57.2 Å². The van der Waals surface area contributed by atoms with Gasteiger partial charge in [0.1, 0.15) is 0 Å². The Morgan fingerprint density at radius 3 is 2.15 bits per heavy atom. The largest absolute Gasteiger partial charge is 0.286 e. The molecular formula is C21H22BrN3O2.